The van der Waals surface area contributed by atoms with Gasteiger partial charge in [0.1, 0.15) is 6.04 Å². The molecule has 0 radical (unpaired) electrons. The minimum absolute atomic E-state index is 0.205. The van der Waals surface area contributed by atoms with E-state index in [0.29, 0.717) is 37.3 Å². The summed E-state index contributed by atoms with van der Waals surface area (Å²) in [6.07, 6.45) is -0.178. The van der Waals surface area contributed by atoms with Crippen LogP contribution in [0.2, 0.25) is 0 Å². The lowest BCUT2D eigenvalue weighted by Gasteiger charge is -2.36. The van der Waals surface area contributed by atoms with E-state index >= 15 is 0 Å². The molecule has 2 amide bonds. The summed E-state index contributed by atoms with van der Waals surface area (Å²) in [7, 11) is -3.95. The molecule has 1 aliphatic heterocycles. The first kappa shape index (κ1) is 25.7. The van der Waals surface area contributed by atoms with E-state index in [9.17, 15) is 18.0 Å². The van der Waals surface area contributed by atoms with Gasteiger partial charge in [-0.2, -0.15) is 4.72 Å². The summed E-state index contributed by atoms with van der Waals surface area (Å²) in [5, 5.41) is 0. The molecule has 9 heteroatoms. The number of aryl methyl sites for hydroxylation is 3. The Balaban J connectivity index is 1.83. The molecule has 184 valence electrons. The SMILES string of the molecule is CCOC(=O)N1CCN(C(=O)[C@H](Cc2ccccc2)NS(=O)(=O)c2c(C)cc(C)cc2C)CC1. The highest BCUT2D eigenvalue weighted by atomic mass is 32.2. The van der Waals surface area contributed by atoms with Gasteiger partial charge in [-0.05, 0) is 50.8 Å². The predicted molar refractivity (Wildman–Crippen MR) is 130 cm³/mol. The van der Waals surface area contributed by atoms with Crippen molar-refractivity contribution in [3.8, 4) is 0 Å². The molecule has 34 heavy (non-hydrogen) atoms. The highest BCUT2D eigenvalue weighted by molar-refractivity contribution is 7.89. The summed E-state index contributed by atoms with van der Waals surface area (Å²) in [4.78, 5) is 28.9. The van der Waals surface area contributed by atoms with E-state index in [1.165, 1.54) is 0 Å². The molecule has 0 unspecified atom stereocenters. The van der Waals surface area contributed by atoms with Gasteiger partial charge in [-0.1, -0.05) is 48.0 Å². The molecule has 1 heterocycles. The van der Waals surface area contributed by atoms with Crippen LogP contribution < -0.4 is 4.72 Å². The highest BCUT2D eigenvalue weighted by Gasteiger charge is 2.33. The molecule has 1 N–H and O–H groups in total. The van der Waals surface area contributed by atoms with E-state index in [0.717, 1.165) is 11.1 Å². The zero-order valence-electron chi connectivity index (χ0n) is 20.2. The van der Waals surface area contributed by atoms with Gasteiger partial charge in [-0.3, -0.25) is 4.79 Å². The number of nitrogens with zero attached hydrogens (tertiary/aromatic N) is 2. The molecule has 0 bridgehead atoms. The first-order valence-electron chi connectivity index (χ1n) is 11.5. The second-order valence-electron chi connectivity index (χ2n) is 8.60. The Morgan fingerprint density at radius 3 is 2.09 bits per heavy atom. The Bertz CT molecular complexity index is 1100. The number of hydrogen-bond acceptors (Lipinski definition) is 5. The number of nitrogens with one attached hydrogen (secondary N) is 1. The van der Waals surface area contributed by atoms with Gasteiger partial charge in [0.05, 0.1) is 11.5 Å². The van der Waals surface area contributed by atoms with Crippen molar-refractivity contribution in [3.63, 3.8) is 0 Å². The molecule has 2 aromatic carbocycles. The molecule has 0 aliphatic carbocycles. The molecule has 0 aromatic heterocycles. The Hall–Kier alpha value is -2.91. The van der Waals surface area contributed by atoms with Crippen LogP contribution in [-0.2, 0) is 26.0 Å². The number of ether oxygens (including phenoxy) is 1. The van der Waals surface area contributed by atoms with E-state index in [2.05, 4.69) is 4.72 Å². The third-order valence-corrected chi connectivity index (χ3v) is 7.65. The molecule has 1 aliphatic rings. The maximum atomic E-state index is 13.5. The Kier molecular flexibility index (Phi) is 8.33. The average Bonchev–Trinajstić information content (AvgIpc) is 2.78. The standard InChI is InChI=1S/C25H33N3O5S/c1-5-33-25(30)28-13-11-27(12-14-28)24(29)22(17-21-9-7-6-8-10-21)26-34(31,32)23-19(3)15-18(2)16-20(23)4/h6-10,15-16,22,26H,5,11-14,17H2,1-4H3/t22-/m0/s1. The molecular formula is C25H33N3O5S. The fourth-order valence-corrected chi connectivity index (χ4v) is 6.05. The number of carbonyl (C=O) groups excluding carboxylic acids is 2. The van der Waals surface area contributed by atoms with Crippen LogP contribution >= 0.6 is 0 Å². The van der Waals surface area contributed by atoms with Crippen LogP contribution in [0.15, 0.2) is 47.4 Å². The zero-order valence-corrected chi connectivity index (χ0v) is 21.0. The monoisotopic (exact) mass is 487 g/mol. The van der Waals surface area contributed by atoms with Crippen molar-refractivity contribution in [2.24, 2.45) is 0 Å². The van der Waals surface area contributed by atoms with Crippen molar-refractivity contribution in [1.29, 1.82) is 0 Å². The van der Waals surface area contributed by atoms with Gasteiger partial charge in [-0.15, -0.1) is 0 Å². The summed E-state index contributed by atoms with van der Waals surface area (Å²) in [6, 6.07) is 12.0. The van der Waals surface area contributed by atoms with Gasteiger partial charge >= 0.3 is 6.09 Å². The molecular weight excluding hydrogens is 454 g/mol. The topological polar surface area (TPSA) is 96.0 Å². The van der Waals surface area contributed by atoms with Crippen LogP contribution in [0.5, 0.6) is 0 Å². The number of piperazine rings is 1. The number of benzene rings is 2. The van der Waals surface area contributed by atoms with Crippen LogP contribution in [0.4, 0.5) is 4.79 Å². The summed E-state index contributed by atoms with van der Waals surface area (Å²) < 4.78 is 34.6. The van der Waals surface area contributed by atoms with E-state index < -0.39 is 22.2 Å². The molecule has 1 saturated heterocycles. The second-order valence-corrected chi connectivity index (χ2v) is 10.3. The first-order chi connectivity index (χ1) is 16.1. The van der Waals surface area contributed by atoms with Gasteiger partial charge in [0.2, 0.25) is 15.9 Å². The number of rotatable bonds is 7. The summed E-state index contributed by atoms with van der Waals surface area (Å²) >= 11 is 0. The predicted octanol–water partition coefficient (Wildman–Crippen LogP) is 2.80. The Morgan fingerprint density at radius 2 is 1.53 bits per heavy atom. The van der Waals surface area contributed by atoms with E-state index in [-0.39, 0.29) is 23.8 Å². The molecule has 0 spiro atoms. The maximum Gasteiger partial charge on any atom is 0.409 e. The van der Waals surface area contributed by atoms with Crippen molar-refractivity contribution in [2.75, 3.05) is 32.8 Å². The largest absolute Gasteiger partial charge is 0.450 e. The van der Waals surface area contributed by atoms with Gasteiger partial charge in [0, 0.05) is 26.2 Å². The molecule has 1 fully saturated rings. The van der Waals surface area contributed by atoms with Gasteiger partial charge in [0.15, 0.2) is 0 Å². The summed E-state index contributed by atoms with van der Waals surface area (Å²) in [6.45, 7) is 8.78. The minimum Gasteiger partial charge on any atom is -0.450 e. The maximum absolute atomic E-state index is 13.5. The van der Waals surface area contributed by atoms with Gasteiger partial charge in [-0.25, -0.2) is 13.2 Å². The third-order valence-electron chi connectivity index (χ3n) is 5.87. The van der Waals surface area contributed by atoms with Gasteiger partial charge < -0.3 is 14.5 Å². The normalized spacial score (nSPS) is 15.2. The Morgan fingerprint density at radius 1 is 0.971 bits per heavy atom. The third kappa shape index (κ3) is 6.15. The molecule has 2 aromatic rings. The lowest BCUT2D eigenvalue weighted by atomic mass is 10.1. The highest BCUT2D eigenvalue weighted by Crippen LogP contribution is 2.23. The molecule has 0 saturated carbocycles. The molecule has 8 nitrogen and oxygen atoms in total. The summed E-state index contributed by atoms with van der Waals surface area (Å²) in [5.41, 5.74) is 3.11. The first-order valence-corrected chi connectivity index (χ1v) is 12.9. The van der Waals surface area contributed by atoms with E-state index in [1.54, 1.807) is 30.6 Å². The fraction of sp³-hybridized carbons (Fsp3) is 0.440. The smallest absolute Gasteiger partial charge is 0.409 e. The number of amides is 2. The quantitative estimate of drug-likeness (QED) is 0.648. The van der Waals surface area contributed by atoms with Crippen molar-refractivity contribution >= 4 is 22.0 Å². The second kappa shape index (κ2) is 11.0. The van der Waals surface area contributed by atoms with Crippen molar-refractivity contribution in [1.82, 2.24) is 14.5 Å². The van der Waals surface area contributed by atoms with Gasteiger partial charge in [0.25, 0.3) is 0 Å². The van der Waals surface area contributed by atoms with Crippen molar-refractivity contribution in [3.05, 3.63) is 64.7 Å². The number of sulfonamides is 1. The number of carbonyl (C=O) groups is 2. The fourth-order valence-electron chi connectivity index (χ4n) is 4.41. The van der Waals surface area contributed by atoms with Crippen LogP contribution in [0.3, 0.4) is 0 Å². The van der Waals surface area contributed by atoms with Crippen LogP contribution in [0.1, 0.15) is 29.2 Å². The lowest BCUT2D eigenvalue weighted by Crippen LogP contribution is -2.56. The van der Waals surface area contributed by atoms with Crippen LogP contribution in [0.25, 0.3) is 0 Å². The van der Waals surface area contributed by atoms with Crippen molar-refractivity contribution < 1.29 is 22.7 Å². The van der Waals surface area contributed by atoms with Crippen LogP contribution in [-0.4, -0.2) is 69.0 Å². The van der Waals surface area contributed by atoms with Crippen LogP contribution in [0, 0.1) is 20.8 Å². The lowest BCUT2D eigenvalue weighted by molar-refractivity contribution is -0.134. The minimum atomic E-state index is -3.95. The van der Waals surface area contributed by atoms with E-state index in [4.69, 9.17) is 4.74 Å². The van der Waals surface area contributed by atoms with Crippen molar-refractivity contribution in [2.45, 2.75) is 45.1 Å². The molecule has 3 rings (SSSR count). The Labute approximate surface area is 201 Å². The zero-order chi connectivity index (χ0) is 24.9. The number of hydrogen-bond donors (Lipinski definition) is 1. The van der Waals surface area contributed by atoms with E-state index in [1.807, 2.05) is 49.4 Å². The molecule has 1 atom stereocenters. The summed E-state index contributed by atoms with van der Waals surface area (Å²) in [5.74, 6) is -0.307. The average molecular weight is 488 g/mol.